The fraction of sp³-hybridized carbons (Fsp3) is 0.524. The molecule has 5 heteroatoms. The molecule has 2 aliphatic rings. The number of halogens is 1. The predicted molar refractivity (Wildman–Crippen MR) is 103 cm³/mol. The van der Waals surface area contributed by atoms with Crippen molar-refractivity contribution in [2.24, 2.45) is 5.41 Å². The molecule has 1 saturated carbocycles. The number of hydrogen-bond acceptors (Lipinski definition) is 4. The van der Waals surface area contributed by atoms with E-state index in [0.717, 1.165) is 19.3 Å². The summed E-state index contributed by atoms with van der Waals surface area (Å²) in [6.07, 6.45) is 7.45. The highest BCUT2D eigenvalue weighted by molar-refractivity contribution is 6.19. The molecule has 142 valence electrons. The van der Waals surface area contributed by atoms with Crippen molar-refractivity contribution in [1.29, 1.82) is 0 Å². The normalized spacial score (nSPS) is 20.2. The lowest BCUT2D eigenvalue weighted by molar-refractivity contribution is -0.159. The second kappa shape index (κ2) is 7.83. The monoisotopic (exact) mass is 378 g/mol. The summed E-state index contributed by atoms with van der Waals surface area (Å²) in [4.78, 5) is 25.5. The van der Waals surface area contributed by atoms with E-state index in [4.69, 9.17) is 21.1 Å². The van der Waals surface area contributed by atoms with Gasteiger partial charge in [-0.1, -0.05) is 37.3 Å². The van der Waals surface area contributed by atoms with Crippen LogP contribution in [0.5, 0.6) is 0 Å². The van der Waals surface area contributed by atoms with Crippen LogP contribution in [0.3, 0.4) is 0 Å². The number of carbonyl (C=O) groups excluding carboxylic acids is 2. The van der Waals surface area contributed by atoms with Crippen LogP contribution in [0.25, 0.3) is 0 Å². The van der Waals surface area contributed by atoms with Gasteiger partial charge >= 0.3 is 11.9 Å². The van der Waals surface area contributed by atoms with Crippen LogP contribution in [0.4, 0.5) is 0 Å². The number of alkyl halides is 1. The molecule has 0 amide bonds. The first-order valence-electron chi connectivity index (χ1n) is 8.94. The van der Waals surface area contributed by atoms with E-state index >= 15 is 0 Å². The zero-order valence-electron chi connectivity index (χ0n) is 15.8. The summed E-state index contributed by atoms with van der Waals surface area (Å²) < 4.78 is 11.6. The van der Waals surface area contributed by atoms with E-state index in [1.54, 1.807) is 32.9 Å². The van der Waals surface area contributed by atoms with Crippen LogP contribution in [-0.2, 0) is 19.1 Å². The third kappa shape index (κ3) is 3.80. The van der Waals surface area contributed by atoms with Gasteiger partial charge in [-0.25, -0.2) is 4.79 Å². The Morgan fingerprint density at radius 2 is 1.96 bits per heavy atom. The molecule has 0 aromatic heterocycles. The summed E-state index contributed by atoms with van der Waals surface area (Å²) in [6.45, 7) is 12.9. The van der Waals surface area contributed by atoms with Gasteiger partial charge in [-0.3, -0.25) is 4.79 Å². The molecule has 0 saturated heterocycles. The molecule has 4 nitrogen and oxygen atoms in total. The average molecular weight is 379 g/mol. The Morgan fingerprint density at radius 3 is 2.46 bits per heavy atom. The first kappa shape index (κ1) is 20.5. The summed E-state index contributed by atoms with van der Waals surface area (Å²) in [7, 11) is 0. The molecule has 0 unspecified atom stereocenters. The summed E-state index contributed by atoms with van der Waals surface area (Å²) >= 11 is 5.92. The SMILES string of the molecule is C=CC=C(C(=C)C)C1=C(OC(=O)C(C)(C)CCl)C2(CCCCC2)OC1=O. The highest BCUT2D eigenvalue weighted by Gasteiger charge is 2.52. The summed E-state index contributed by atoms with van der Waals surface area (Å²) in [6, 6.07) is 0. The van der Waals surface area contributed by atoms with Gasteiger partial charge in [0.2, 0.25) is 0 Å². The number of hydrogen-bond donors (Lipinski definition) is 0. The van der Waals surface area contributed by atoms with Crippen LogP contribution < -0.4 is 0 Å². The average Bonchev–Trinajstić information content (AvgIpc) is 2.84. The van der Waals surface area contributed by atoms with Crippen molar-refractivity contribution in [3.8, 4) is 0 Å². The van der Waals surface area contributed by atoms with Gasteiger partial charge in [-0.2, -0.15) is 0 Å². The maximum absolute atomic E-state index is 12.8. The molecule has 0 bridgehead atoms. The molecule has 0 N–H and O–H groups in total. The third-order valence-corrected chi connectivity index (χ3v) is 5.56. The summed E-state index contributed by atoms with van der Waals surface area (Å²) in [5.41, 5.74) is -0.211. The Bertz CT molecular complexity index is 691. The van der Waals surface area contributed by atoms with Crippen molar-refractivity contribution in [3.05, 3.63) is 47.8 Å². The van der Waals surface area contributed by atoms with Crippen LogP contribution in [0, 0.1) is 5.41 Å². The maximum Gasteiger partial charge on any atom is 0.343 e. The van der Waals surface area contributed by atoms with E-state index in [1.165, 1.54) is 0 Å². The van der Waals surface area contributed by atoms with Crippen molar-refractivity contribution in [3.63, 3.8) is 0 Å². The topological polar surface area (TPSA) is 52.6 Å². The molecule has 0 aromatic carbocycles. The Labute approximate surface area is 160 Å². The number of carbonyl (C=O) groups is 2. The smallest absolute Gasteiger partial charge is 0.343 e. The van der Waals surface area contributed by atoms with Crippen LogP contribution in [0.2, 0.25) is 0 Å². The lowest BCUT2D eigenvalue weighted by Gasteiger charge is -2.34. The van der Waals surface area contributed by atoms with E-state index in [0.29, 0.717) is 29.7 Å². The van der Waals surface area contributed by atoms with Gasteiger partial charge < -0.3 is 9.47 Å². The van der Waals surface area contributed by atoms with Gasteiger partial charge in [0.15, 0.2) is 11.4 Å². The van der Waals surface area contributed by atoms with E-state index in [2.05, 4.69) is 13.2 Å². The van der Waals surface area contributed by atoms with Gasteiger partial charge in [0.25, 0.3) is 0 Å². The van der Waals surface area contributed by atoms with Gasteiger partial charge in [-0.15, -0.1) is 11.6 Å². The van der Waals surface area contributed by atoms with Gasteiger partial charge in [0.05, 0.1) is 5.41 Å². The van der Waals surface area contributed by atoms with Gasteiger partial charge in [0, 0.05) is 5.88 Å². The lowest BCUT2D eigenvalue weighted by atomic mass is 9.81. The number of allylic oxidation sites excluding steroid dienone is 3. The Hall–Kier alpha value is -1.81. The van der Waals surface area contributed by atoms with E-state index in [1.807, 2.05) is 0 Å². The lowest BCUT2D eigenvalue weighted by Crippen LogP contribution is -2.38. The molecule has 0 aromatic rings. The minimum atomic E-state index is -0.877. The van der Waals surface area contributed by atoms with Crippen molar-refractivity contribution in [2.45, 2.75) is 58.5 Å². The second-order valence-corrected chi connectivity index (χ2v) is 7.92. The van der Waals surface area contributed by atoms with E-state index in [-0.39, 0.29) is 11.5 Å². The van der Waals surface area contributed by atoms with Crippen LogP contribution in [-0.4, -0.2) is 23.4 Å². The van der Waals surface area contributed by atoms with Crippen LogP contribution in [0.1, 0.15) is 52.9 Å². The molecule has 2 rings (SSSR count). The third-order valence-electron chi connectivity index (χ3n) is 4.89. The molecule has 0 atom stereocenters. The first-order valence-corrected chi connectivity index (χ1v) is 9.47. The number of rotatable bonds is 6. The molecule has 1 aliphatic carbocycles. The molecule has 1 heterocycles. The van der Waals surface area contributed by atoms with Crippen LogP contribution >= 0.6 is 11.6 Å². The second-order valence-electron chi connectivity index (χ2n) is 7.65. The maximum atomic E-state index is 12.8. The molecule has 1 aliphatic heterocycles. The Morgan fingerprint density at radius 1 is 1.35 bits per heavy atom. The van der Waals surface area contributed by atoms with Crippen LogP contribution in [0.15, 0.2) is 47.8 Å². The molecular weight excluding hydrogens is 352 g/mol. The quantitative estimate of drug-likeness (QED) is 0.371. The van der Waals surface area contributed by atoms with Crippen molar-refractivity contribution in [2.75, 3.05) is 5.88 Å². The zero-order chi connectivity index (χ0) is 19.5. The fourth-order valence-electron chi connectivity index (χ4n) is 3.27. The van der Waals surface area contributed by atoms with E-state index < -0.39 is 23.0 Å². The molecular formula is C21H27ClO4. The molecule has 1 spiro atoms. The van der Waals surface area contributed by atoms with Gasteiger partial charge in [0.1, 0.15) is 5.57 Å². The Balaban J connectivity index is 2.60. The highest BCUT2D eigenvalue weighted by Crippen LogP contribution is 2.47. The minimum absolute atomic E-state index is 0.117. The Kier molecular flexibility index (Phi) is 6.17. The molecule has 1 fully saturated rings. The first-order chi connectivity index (χ1) is 12.2. The standard InChI is InChI=1S/C21H27ClO4/c1-6-10-15(14(2)3)16-17(25-19(24)20(4,5)13-22)21(26-18(16)23)11-8-7-9-12-21/h6,10H,1-2,7-9,11-13H2,3-5H3. The summed E-state index contributed by atoms with van der Waals surface area (Å²) in [5, 5.41) is 0. The van der Waals surface area contributed by atoms with Crippen molar-refractivity contribution < 1.29 is 19.1 Å². The van der Waals surface area contributed by atoms with Crippen molar-refractivity contribution >= 4 is 23.5 Å². The number of ether oxygens (including phenoxy) is 2. The zero-order valence-corrected chi connectivity index (χ0v) is 16.6. The number of esters is 2. The fourth-order valence-corrected chi connectivity index (χ4v) is 3.37. The molecule has 26 heavy (non-hydrogen) atoms. The van der Waals surface area contributed by atoms with Crippen molar-refractivity contribution in [1.82, 2.24) is 0 Å². The van der Waals surface area contributed by atoms with E-state index in [9.17, 15) is 9.59 Å². The van der Waals surface area contributed by atoms with Gasteiger partial charge in [-0.05, 0) is 52.0 Å². The largest absolute Gasteiger partial charge is 0.447 e. The minimum Gasteiger partial charge on any atom is -0.447 e. The predicted octanol–water partition coefficient (Wildman–Crippen LogP) is 5.00. The molecule has 0 radical (unpaired) electrons. The summed E-state index contributed by atoms with van der Waals surface area (Å²) in [5.74, 6) is -0.523. The highest BCUT2D eigenvalue weighted by atomic mass is 35.5.